The van der Waals surface area contributed by atoms with E-state index in [1.807, 2.05) is 0 Å². The van der Waals surface area contributed by atoms with Crippen LogP contribution >= 0.6 is 24.6 Å². The van der Waals surface area contributed by atoms with Crippen molar-refractivity contribution in [1.82, 2.24) is 4.90 Å². The Bertz CT molecular complexity index is 383. The van der Waals surface area contributed by atoms with Gasteiger partial charge < -0.3 is 5.73 Å². The van der Waals surface area contributed by atoms with Gasteiger partial charge in [-0.25, -0.2) is 0 Å². The van der Waals surface area contributed by atoms with E-state index in [0.29, 0.717) is 16.9 Å². The third-order valence-electron chi connectivity index (χ3n) is 3.64. The molecule has 1 aliphatic rings. The minimum atomic E-state index is 0. The molecule has 18 heavy (non-hydrogen) atoms. The predicted octanol–water partition coefficient (Wildman–Crippen LogP) is 3.17. The van der Waals surface area contributed by atoms with Crippen LogP contribution in [0.25, 0.3) is 0 Å². The molecular formula is C14H21ClN2S. The highest BCUT2D eigenvalue weighted by Gasteiger charge is 2.26. The summed E-state index contributed by atoms with van der Waals surface area (Å²) in [6.07, 6.45) is 2.11. The van der Waals surface area contributed by atoms with Crippen molar-refractivity contribution in [2.24, 2.45) is 11.7 Å². The summed E-state index contributed by atoms with van der Waals surface area (Å²) in [6, 6.07) is 11.2. The number of nitrogens with zero attached hydrogens (tertiary/aromatic N) is 1. The van der Waals surface area contributed by atoms with Crippen LogP contribution < -0.4 is 5.73 Å². The van der Waals surface area contributed by atoms with Gasteiger partial charge in [-0.1, -0.05) is 42.5 Å². The van der Waals surface area contributed by atoms with Gasteiger partial charge in [0.1, 0.15) is 0 Å². The fraction of sp³-hybridized carbons (Fsp3) is 0.500. The summed E-state index contributed by atoms with van der Waals surface area (Å²) in [6.45, 7) is 4.55. The zero-order chi connectivity index (χ0) is 12.3. The van der Waals surface area contributed by atoms with E-state index in [9.17, 15) is 0 Å². The number of likely N-dealkylation sites (tertiary alicyclic amines) is 1. The Kier molecular flexibility index (Phi) is 6.06. The molecule has 2 N–H and O–H groups in total. The quantitative estimate of drug-likeness (QED) is 0.861. The van der Waals surface area contributed by atoms with E-state index < -0.39 is 0 Å². The van der Waals surface area contributed by atoms with Crippen molar-refractivity contribution < 1.29 is 0 Å². The van der Waals surface area contributed by atoms with Gasteiger partial charge in [-0.2, -0.15) is 0 Å². The number of hydrogen-bond donors (Lipinski definition) is 1. The second-order valence-corrected chi connectivity index (χ2v) is 5.43. The minimum Gasteiger partial charge on any atom is -0.393 e. The molecule has 0 aromatic heterocycles. The molecule has 2 nitrogen and oxygen atoms in total. The van der Waals surface area contributed by atoms with Crippen molar-refractivity contribution in [1.29, 1.82) is 0 Å². The Hall–Kier alpha value is -0.640. The molecule has 0 spiro atoms. The van der Waals surface area contributed by atoms with Crippen LogP contribution in [0.5, 0.6) is 0 Å². The molecule has 1 aliphatic heterocycles. The van der Waals surface area contributed by atoms with Crippen molar-refractivity contribution >= 4 is 29.6 Å². The van der Waals surface area contributed by atoms with Gasteiger partial charge >= 0.3 is 0 Å². The van der Waals surface area contributed by atoms with Crippen LogP contribution in [0.4, 0.5) is 0 Å². The summed E-state index contributed by atoms with van der Waals surface area (Å²) < 4.78 is 0. The molecule has 0 saturated carbocycles. The molecule has 0 amide bonds. The van der Waals surface area contributed by atoms with Crippen molar-refractivity contribution in [3.8, 4) is 0 Å². The lowest BCUT2D eigenvalue weighted by atomic mass is 10.0. The van der Waals surface area contributed by atoms with E-state index in [1.54, 1.807) is 0 Å². The summed E-state index contributed by atoms with van der Waals surface area (Å²) in [5.41, 5.74) is 7.01. The average molecular weight is 285 g/mol. The summed E-state index contributed by atoms with van der Waals surface area (Å²) >= 11 is 4.99. The van der Waals surface area contributed by atoms with E-state index in [4.69, 9.17) is 18.0 Å². The van der Waals surface area contributed by atoms with Crippen LogP contribution in [0.1, 0.15) is 31.4 Å². The first-order valence-corrected chi connectivity index (χ1v) is 6.65. The molecule has 2 unspecified atom stereocenters. The maximum absolute atomic E-state index is 5.62. The number of thiocarbonyl (C=S) groups is 1. The van der Waals surface area contributed by atoms with Crippen molar-refractivity contribution in [3.63, 3.8) is 0 Å². The molecule has 100 valence electrons. The standard InChI is InChI=1S/C14H20N2S.ClH/c1-11(13-5-3-2-4-6-13)16-8-7-12(10-16)9-14(15)17;/h2-6,11-12H,7-10H2,1H3,(H2,15,17);1H. The van der Waals surface area contributed by atoms with Gasteiger partial charge in [-0.05, 0) is 31.4 Å². The molecule has 1 aromatic carbocycles. The van der Waals surface area contributed by atoms with Crippen LogP contribution in [0.3, 0.4) is 0 Å². The SMILES string of the molecule is CC(c1ccccc1)N1CCC(CC(N)=S)C1.Cl. The van der Waals surface area contributed by atoms with Gasteiger partial charge in [0.05, 0.1) is 4.99 Å². The first-order valence-electron chi connectivity index (χ1n) is 6.24. The van der Waals surface area contributed by atoms with E-state index in [1.165, 1.54) is 12.0 Å². The molecule has 4 heteroatoms. The van der Waals surface area contributed by atoms with E-state index in [0.717, 1.165) is 19.5 Å². The molecule has 0 radical (unpaired) electrons. The fourth-order valence-corrected chi connectivity index (χ4v) is 2.84. The van der Waals surface area contributed by atoms with Crippen LogP contribution in [0.2, 0.25) is 0 Å². The Labute approximate surface area is 121 Å². The lowest BCUT2D eigenvalue weighted by Gasteiger charge is -2.24. The second kappa shape index (κ2) is 7.07. The lowest BCUT2D eigenvalue weighted by molar-refractivity contribution is 0.253. The largest absolute Gasteiger partial charge is 0.393 e. The van der Waals surface area contributed by atoms with Gasteiger partial charge in [0.25, 0.3) is 0 Å². The first kappa shape index (κ1) is 15.4. The highest BCUT2D eigenvalue weighted by Crippen LogP contribution is 2.28. The van der Waals surface area contributed by atoms with Gasteiger partial charge in [0.15, 0.2) is 0 Å². The molecule has 0 aliphatic carbocycles. The third kappa shape index (κ3) is 3.94. The van der Waals surface area contributed by atoms with Gasteiger partial charge in [-0.15, -0.1) is 12.4 Å². The number of nitrogens with two attached hydrogens (primary N) is 1. The fourth-order valence-electron chi connectivity index (χ4n) is 2.61. The summed E-state index contributed by atoms with van der Waals surface area (Å²) in [4.78, 5) is 3.18. The predicted molar refractivity (Wildman–Crippen MR) is 83.2 cm³/mol. The minimum absolute atomic E-state index is 0. The van der Waals surface area contributed by atoms with Gasteiger partial charge in [0, 0.05) is 19.0 Å². The summed E-state index contributed by atoms with van der Waals surface area (Å²) in [7, 11) is 0. The van der Waals surface area contributed by atoms with Gasteiger partial charge in [-0.3, -0.25) is 4.90 Å². The first-order chi connectivity index (χ1) is 8.16. The molecule has 2 atom stereocenters. The Balaban J connectivity index is 0.00000162. The normalized spacial score (nSPS) is 21.3. The van der Waals surface area contributed by atoms with Crippen LogP contribution in [0, 0.1) is 5.92 Å². The van der Waals surface area contributed by atoms with E-state index in [-0.39, 0.29) is 12.4 Å². The van der Waals surface area contributed by atoms with Crippen molar-refractivity contribution in [2.75, 3.05) is 13.1 Å². The maximum Gasteiger partial charge on any atom is 0.0730 e. The Morgan fingerprint density at radius 3 is 2.72 bits per heavy atom. The lowest BCUT2D eigenvalue weighted by Crippen LogP contribution is -2.25. The third-order valence-corrected chi connectivity index (χ3v) is 3.80. The highest BCUT2D eigenvalue weighted by molar-refractivity contribution is 7.80. The number of hydrogen-bond acceptors (Lipinski definition) is 2. The van der Waals surface area contributed by atoms with E-state index in [2.05, 4.69) is 42.2 Å². The number of rotatable bonds is 4. The van der Waals surface area contributed by atoms with Crippen molar-refractivity contribution in [2.45, 2.75) is 25.8 Å². The molecule has 1 heterocycles. The highest BCUT2D eigenvalue weighted by atomic mass is 35.5. The molecule has 2 rings (SSSR count). The maximum atomic E-state index is 5.62. The second-order valence-electron chi connectivity index (χ2n) is 4.91. The molecule has 1 fully saturated rings. The van der Waals surface area contributed by atoms with Gasteiger partial charge in [0.2, 0.25) is 0 Å². The average Bonchev–Trinajstić information content (AvgIpc) is 2.77. The number of benzene rings is 1. The smallest absolute Gasteiger partial charge is 0.0730 e. The van der Waals surface area contributed by atoms with Crippen LogP contribution in [-0.4, -0.2) is 23.0 Å². The molecule has 1 saturated heterocycles. The zero-order valence-corrected chi connectivity index (χ0v) is 12.3. The Morgan fingerprint density at radius 1 is 1.44 bits per heavy atom. The van der Waals surface area contributed by atoms with Crippen LogP contribution in [-0.2, 0) is 0 Å². The summed E-state index contributed by atoms with van der Waals surface area (Å²) in [5, 5.41) is 0. The van der Waals surface area contributed by atoms with Crippen LogP contribution in [0.15, 0.2) is 30.3 Å². The molecular weight excluding hydrogens is 264 g/mol. The molecule has 1 aromatic rings. The monoisotopic (exact) mass is 284 g/mol. The van der Waals surface area contributed by atoms with E-state index >= 15 is 0 Å². The summed E-state index contributed by atoms with van der Waals surface area (Å²) in [5.74, 6) is 0.652. The zero-order valence-electron chi connectivity index (χ0n) is 10.7. The number of halogens is 1. The molecule has 0 bridgehead atoms. The van der Waals surface area contributed by atoms with Crippen molar-refractivity contribution in [3.05, 3.63) is 35.9 Å². The Morgan fingerprint density at radius 2 is 2.11 bits per heavy atom. The topological polar surface area (TPSA) is 29.3 Å².